The van der Waals surface area contributed by atoms with Crippen molar-refractivity contribution in [3.63, 3.8) is 0 Å². The second-order valence-corrected chi connectivity index (χ2v) is 20.8. The SMILES string of the molecule is C#CCCC1(CCNC(=O)[C@H](C)CCCCC[C@@H](CCCCCC)OC(=O)[C@@H]2CC=CN2C(=O)c2ccccc2OCOCC[Si](C)(C)C)N=N1. The summed E-state index contributed by atoms with van der Waals surface area (Å²) in [4.78, 5) is 41.4. The molecule has 0 bridgehead atoms. The third-order valence-corrected chi connectivity index (χ3v) is 11.2. The average Bonchev–Trinajstić information content (AvgIpc) is 3.69. The van der Waals surface area contributed by atoms with Crippen LogP contribution in [0.1, 0.15) is 114 Å². The van der Waals surface area contributed by atoms with E-state index in [1.54, 1.807) is 24.4 Å². The zero-order chi connectivity index (χ0) is 37.1. The van der Waals surface area contributed by atoms with Crippen LogP contribution in [0.2, 0.25) is 25.7 Å². The molecule has 0 saturated carbocycles. The average molecular weight is 723 g/mol. The van der Waals surface area contributed by atoms with Gasteiger partial charge in [-0.05, 0) is 56.7 Å². The van der Waals surface area contributed by atoms with Gasteiger partial charge in [-0.2, -0.15) is 10.2 Å². The molecule has 0 spiro atoms. The maximum absolute atomic E-state index is 13.7. The summed E-state index contributed by atoms with van der Waals surface area (Å²) >= 11 is 0. The Morgan fingerprint density at radius 2 is 1.75 bits per heavy atom. The number of nitrogens with one attached hydrogen (secondary N) is 1. The lowest BCUT2D eigenvalue weighted by atomic mass is 9.99. The Bertz CT molecular complexity index is 1350. The molecule has 2 aliphatic rings. The maximum atomic E-state index is 13.7. The van der Waals surface area contributed by atoms with E-state index in [-0.39, 0.29) is 42.3 Å². The number of hydrogen-bond acceptors (Lipinski definition) is 8. The monoisotopic (exact) mass is 722 g/mol. The summed E-state index contributed by atoms with van der Waals surface area (Å²) in [5.74, 6) is 2.34. The summed E-state index contributed by atoms with van der Waals surface area (Å²) < 4.78 is 17.7. The van der Waals surface area contributed by atoms with Gasteiger partial charge in [0, 0.05) is 52.6 Å². The van der Waals surface area contributed by atoms with Gasteiger partial charge in [0.05, 0.1) is 5.56 Å². The fourth-order valence-electron chi connectivity index (χ4n) is 6.05. The number of nitrogens with zero attached hydrogens (tertiary/aromatic N) is 3. The Hall–Kier alpha value is -3.49. The molecule has 3 rings (SSSR count). The zero-order valence-corrected chi connectivity index (χ0v) is 32.8. The fraction of sp³-hybridized carbons (Fsp3) is 0.675. The number of terminal acetylenes is 1. The maximum Gasteiger partial charge on any atom is 0.329 e. The highest BCUT2D eigenvalue weighted by atomic mass is 28.3. The van der Waals surface area contributed by atoms with Crippen LogP contribution < -0.4 is 10.1 Å². The number of esters is 1. The second kappa shape index (κ2) is 21.8. The predicted octanol–water partition coefficient (Wildman–Crippen LogP) is 8.66. The van der Waals surface area contributed by atoms with Crippen molar-refractivity contribution in [2.75, 3.05) is 19.9 Å². The molecule has 0 radical (unpaired) electrons. The van der Waals surface area contributed by atoms with Crippen LogP contribution >= 0.6 is 0 Å². The Labute approximate surface area is 307 Å². The molecule has 0 unspecified atom stereocenters. The minimum atomic E-state index is -1.22. The third kappa shape index (κ3) is 15.3. The van der Waals surface area contributed by atoms with Crippen molar-refractivity contribution in [3.8, 4) is 18.1 Å². The van der Waals surface area contributed by atoms with Crippen molar-refractivity contribution in [2.45, 2.75) is 147 Å². The second-order valence-electron chi connectivity index (χ2n) is 15.2. The Morgan fingerprint density at radius 1 is 1.04 bits per heavy atom. The molecule has 3 atom stereocenters. The first-order valence-electron chi connectivity index (χ1n) is 19.1. The van der Waals surface area contributed by atoms with Gasteiger partial charge in [0.25, 0.3) is 5.91 Å². The largest absolute Gasteiger partial charge is 0.467 e. The summed E-state index contributed by atoms with van der Waals surface area (Å²) in [6, 6.07) is 7.39. The van der Waals surface area contributed by atoms with Crippen molar-refractivity contribution < 1.29 is 28.6 Å². The molecule has 282 valence electrons. The van der Waals surface area contributed by atoms with Gasteiger partial charge in [-0.3, -0.25) is 9.59 Å². The van der Waals surface area contributed by atoms with Crippen LogP contribution in [0, 0.1) is 18.3 Å². The van der Waals surface area contributed by atoms with Gasteiger partial charge in [0.1, 0.15) is 17.9 Å². The number of rotatable bonds is 26. The van der Waals surface area contributed by atoms with E-state index in [4.69, 9.17) is 20.6 Å². The van der Waals surface area contributed by atoms with Crippen LogP contribution in [0.25, 0.3) is 0 Å². The van der Waals surface area contributed by atoms with Crippen molar-refractivity contribution in [1.82, 2.24) is 10.2 Å². The Kier molecular flexibility index (Phi) is 17.9. The van der Waals surface area contributed by atoms with Crippen molar-refractivity contribution >= 4 is 25.9 Å². The number of unbranched alkanes of at least 4 members (excludes halogenated alkanes) is 5. The lowest BCUT2D eigenvalue weighted by Crippen LogP contribution is -2.41. The number of ether oxygens (including phenoxy) is 3. The molecule has 1 aromatic rings. The first-order chi connectivity index (χ1) is 24.5. The van der Waals surface area contributed by atoms with E-state index in [2.05, 4.69) is 48.0 Å². The molecule has 0 saturated heterocycles. The van der Waals surface area contributed by atoms with Gasteiger partial charge in [-0.25, -0.2) is 4.79 Å². The molecule has 0 fully saturated rings. The van der Waals surface area contributed by atoms with E-state index < -0.39 is 14.1 Å². The van der Waals surface area contributed by atoms with Gasteiger partial charge in [0.15, 0.2) is 12.5 Å². The van der Waals surface area contributed by atoms with Crippen LogP contribution in [-0.4, -0.2) is 68.5 Å². The molecule has 11 heteroatoms. The van der Waals surface area contributed by atoms with Gasteiger partial charge < -0.3 is 24.4 Å². The molecule has 0 aromatic heterocycles. The van der Waals surface area contributed by atoms with Gasteiger partial charge in [-0.1, -0.05) is 83.8 Å². The lowest BCUT2D eigenvalue weighted by Gasteiger charge is -2.26. The number of hydrogen-bond donors (Lipinski definition) is 1. The Morgan fingerprint density at radius 3 is 2.43 bits per heavy atom. The molecule has 2 amide bonds. The van der Waals surface area contributed by atoms with E-state index in [1.165, 1.54) is 4.90 Å². The van der Waals surface area contributed by atoms with Crippen molar-refractivity contribution in [1.29, 1.82) is 0 Å². The fourth-order valence-corrected chi connectivity index (χ4v) is 6.81. The third-order valence-electron chi connectivity index (χ3n) is 9.53. The minimum absolute atomic E-state index is 0.0507. The van der Waals surface area contributed by atoms with E-state index in [9.17, 15) is 14.4 Å². The minimum Gasteiger partial charge on any atom is -0.467 e. The standard InChI is InChI=1S/C40H62N4O6Si/c1-7-9-11-14-20-33(21-15-12-13-19-32(3)37(45)41-27-26-40(42-43-40)25-10-8-2)50-39(47)35-23-18-28-44(35)38(46)34-22-16-17-24-36(34)49-31-48-29-30-51(4,5)6/h2,16-18,22,24,28,32-33,35H,7,9-15,19-21,23,25-27,29-31H2,1,3-6H3,(H,41,45)/t32-,33-,35+/m1/s1. The molecule has 2 heterocycles. The quantitative estimate of drug-likeness (QED) is 0.0336. The van der Waals surface area contributed by atoms with Crippen LogP contribution in [0.5, 0.6) is 5.75 Å². The number of carbonyl (C=O) groups excluding carboxylic acids is 3. The van der Waals surface area contributed by atoms with E-state index in [1.807, 2.05) is 19.1 Å². The summed E-state index contributed by atoms with van der Waals surface area (Å²) in [6.45, 7) is 12.2. The molecule has 1 aromatic carbocycles. The zero-order valence-electron chi connectivity index (χ0n) is 31.8. The summed E-state index contributed by atoms with van der Waals surface area (Å²) in [5, 5.41) is 11.3. The first kappa shape index (κ1) is 41.9. The predicted molar refractivity (Wildman–Crippen MR) is 204 cm³/mol. The topological polar surface area (TPSA) is 119 Å². The number of para-hydroxylation sites is 1. The molecule has 2 aliphatic heterocycles. The molecule has 51 heavy (non-hydrogen) atoms. The molecular weight excluding hydrogens is 661 g/mol. The van der Waals surface area contributed by atoms with Crippen LogP contribution in [-0.2, 0) is 19.1 Å². The number of carbonyl (C=O) groups is 3. The van der Waals surface area contributed by atoms with Crippen LogP contribution in [0.15, 0.2) is 46.8 Å². The van der Waals surface area contributed by atoms with E-state index in [0.29, 0.717) is 43.7 Å². The smallest absolute Gasteiger partial charge is 0.329 e. The normalized spacial score (nSPS) is 17.1. The Balaban J connectivity index is 1.46. The molecule has 1 N–H and O–H groups in total. The number of benzene rings is 1. The summed E-state index contributed by atoms with van der Waals surface area (Å²) in [6.07, 6.45) is 20.6. The molecule has 10 nitrogen and oxygen atoms in total. The van der Waals surface area contributed by atoms with Crippen molar-refractivity contribution in [3.05, 3.63) is 42.1 Å². The lowest BCUT2D eigenvalue weighted by molar-refractivity contribution is -0.154. The highest BCUT2D eigenvalue weighted by Gasteiger charge is 2.39. The van der Waals surface area contributed by atoms with E-state index >= 15 is 0 Å². The molecular formula is C40H62N4O6Si. The summed E-state index contributed by atoms with van der Waals surface area (Å²) in [7, 11) is -1.22. The highest BCUT2D eigenvalue weighted by Crippen LogP contribution is 2.36. The number of amides is 2. The summed E-state index contributed by atoms with van der Waals surface area (Å²) in [5.41, 5.74) is -0.00286. The highest BCUT2D eigenvalue weighted by molar-refractivity contribution is 6.76. The van der Waals surface area contributed by atoms with E-state index in [0.717, 1.165) is 76.7 Å². The van der Waals surface area contributed by atoms with Gasteiger partial charge in [-0.15, -0.1) is 12.3 Å². The first-order valence-corrected chi connectivity index (χ1v) is 22.8. The van der Waals surface area contributed by atoms with Crippen LogP contribution in [0.3, 0.4) is 0 Å². The van der Waals surface area contributed by atoms with Gasteiger partial charge in [0.2, 0.25) is 5.91 Å². The van der Waals surface area contributed by atoms with Crippen molar-refractivity contribution in [2.24, 2.45) is 16.1 Å². The van der Waals surface area contributed by atoms with Crippen LogP contribution in [0.4, 0.5) is 0 Å². The van der Waals surface area contributed by atoms with Gasteiger partial charge >= 0.3 is 5.97 Å². The molecule has 0 aliphatic carbocycles.